The molecule has 12 aromatic rings. The van der Waals surface area contributed by atoms with Crippen molar-refractivity contribution in [1.82, 2.24) is 0 Å². The van der Waals surface area contributed by atoms with E-state index in [-0.39, 0.29) is 0 Å². The van der Waals surface area contributed by atoms with Crippen molar-refractivity contribution in [1.29, 1.82) is 0 Å². The first kappa shape index (κ1) is 44.1. The van der Waals surface area contributed by atoms with Crippen LogP contribution in [0.15, 0.2) is 267 Å². The van der Waals surface area contributed by atoms with Gasteiger partial charge in [0.25, 0.3) is 0 Å². The third-order valence-corrected chi connectivity index (χ3v) is 29.7. The van der Waals surface area contributed by atoms with Crippen molar-refractivity contribution in [3.05, 3.63) is 311 Å². The molecule has 0 fully saturated rings. The Hall–Kier alpha value is -8.93. The summed E-state index contributed by atoms with van der Waals surface area (Å²) in [5.41, 5.74) is 32.3. The van der Waals surface area contributed by atoms with Crippen molar-refractivity contribution in [2.45, 2.75) is 29.6 Å². The summed E-state index contributed by atoms with van der Waals surface area (Å²) in [6, 6.07) is 108. The Balaban J connectivity index is 0.701. The largest absolute Gasteiger partial charge is 0.128 e. The fourth-order valence-electron chi connectivity index (χ4n) is 16.5. The molecular weight excluding hydrogens is 981 g/mol. The fraction of sp³-hybridized carbons (Fsp3) is 0.0649. The average molecular weight is 1030 g/mol. The third-order valence-electron chi connectivity index (χ3n) is 19.9. The molecule has 0 aromatic heterocycles. The highest BCUT2D eigenvalue weighted by molar-refractivity contribution is 7.06. The summed E-state index contributed by atoms with van der Waals surface area (Å²) in [5, 5.41) is 6.46. The maximum Gasteiger partial charge on any atom is 0.128 e. The zero-order chi connectivity index (χ0) is 51.6. The quantitative estimate of drug-likeness (QED) is 0.154. The minimum atomic E-state index is -1.94. The number of rotatable bonds is 4. The average Bonchev–Trinajstić information content (AvgIpc) is 4.52. The van der Waals surface area contributed by atoms with Gasteiger partial charge in [-0.3, -0.25) is 0 Å². The number of fused-ring (bicyclic) bond motifs is 22. The summed E-state index contributed by atoms with van der Waals surface area (Å²) in [6.07, 6.45) is 0. The molecule has 2 heteroatoms. The van der Waals surface area contributed by atoms with Gasteiger partial charge in [-0.1, -0.05) is 243 Å². The lowest BCUT2D eigenvalue weighted by atomic mass is 9.70. The molecule has 4 heterocycles. The topological polar surface area (TPSA) is 0 Å². The van der Waals surface area contributed by atoms with E-state index < -0.39 is 21.6 Å². The van der Waals surface area contributed by atoms with E-state index in [0.717, 1.165) is 0 Å². The van der Waals surface area contributed by atoms with Gasteiger partial charge in [-0.25, -0.2) is 0 Å². The minimum absolute atomic E-state index is 0.464. The van der Waals surface area contributed by atoms with Crippen LogP contribution in [0.25, 0.3) is 89.0 Å². The van der Waals surface area contributed by atoms with Crippen LogP contribution in [-0.4, -0.2) is 16.1 Å². The second kappa shape index (κ2) is 16.1. The normalized spacial score (nSPS) is 15.7. The number of hydrogen-bond acceptors (Lipinski definition) is 0. The van der Waals surface area contributed by atoms with Gasteiger partial charge in [-0.2, -0.15) is 0 Å². The molecule has 0 N–H and O–H groups in total. The molecule has 0 saturated carbocycles. The summed E-state index contributed by atoms with van der Waals surface area (Å²) >= 11 is 0. The predicted molar refractivity (Wildman–Crippen MR) is 333 cm³/mol. The molecule has 18 rings (SSSR count). The van der Waals surface area contributed by atoms with Crippen molar-refractivity contribution in [3.63, 3.8) is 0 Å². The van der Waals surface area contributed by atoms with E-state index in [1.54, 1.807) is 43.0 Å². The van der Waals surface area contributed by atoms with Crippen LogP contribution in [0.1, 0.15) is 44.5 Å². The maximum atomic E-state index is 2.53. The van der Waals surface area contributed by atoms with Crippen molar-refractivity contribution in [2.24, 2.45) is 0 Å². The summed E-state index contributed by atoms with van der Waals surface area (Å²) in [7, 11) is -3.88. The van der Waals surface area contributed by atoms with Gasteiger partial charge in [-0.15, -0.1) is 0 Å². The summed E-state index contributed by atoms with van der Waals surface area (Å²) in [5.74, 6) is 0. The van der Waals surface area contributed by atoms with Crippen molar-refractivity contribution < 1.29 is 0 Å². The zero-order valence-electron chi connectivity index (χ0n) is 43.7. The molecule has 0 nitrogen and oxygen atoms in total. The first-order valence-electron chi connectivity index (χ1n) is 28.4. The molecule has 0 bridgehead atoms. The van der Waals surface area contributed by atoms with E-state index in [1.807, 2.05) is 0 Å². The molecule has 0 radical (unpaired) electrons. The minimum Gasteiger partial charge on any atom is -0.0623 e. The molecule has 0 saturated heterocycles. The lowest BCUT2D eigenvalue weighted by Gasteiger charge is -2.31. The molecule has 0 atom stereocenters. The Kier molecular flexibility index (Phi) is 8.98. The highest BCUT2D eigenvalue weighted by Crippen LogP contribution is 2.63. The second-order valence-electron chi connectivity index (χ2n) is 23.5. The smallest absolute Gasteiger partial charge is 0.0623 e. The summed E-state index contributed by atoms with van der Waals surface area (Å²) in [6.45, 7) is 0. The molecule has 4 aliphatic heterocycles. The highest BCUT2D eigenvalue weighted by Gasteiger charge is 2.53. The molecule has 0 amide bonds. The number of hydrogen-bond donors (Lipinski definition) is 0. The van der Waals surface area contributed by atoms with Gasteiger partial charge >= 0.3 is 0 Å². The van der Waals surface area contributed by atoms with Crippen LogP contribution >= 0.6 is 0 Å². The van der Waals surface area contributed by atoms with E-state index in [9.17, 15) is 0 Å². The van der Waals surface area contributed by atoms with E-state index in [0.29, 0.717) is 0 Å². The Morgan fingerprint density at radius 2 is 0.481 bits per heavy atom. The molecule has 3 spiro atoms. The van der Waals surface area contributed by atoms with E-state index >= 15 is 0 Å². The van der Waals surface area contributed by atoms with Crippen LogP contribution < -0.4 is 20.7 Å². The first-order chi connectivity index (χ1) is 39.1. The molecular formula is C77H52Si2. The molecule has 2 aliphatic carbocycles. The van der Waals surface area contributed by atoms with Gasteiger partial charge < -0.3 is 0 Å². The third kappa shape index (κ3) is 5.92. The first-order valence-corrected chi connectivity index (χ1v) is 33.2. The van der Waals surface area contributed by atoms with Crippen LogP contribution in [0.3, 0.4) is 0 Å². The van der Waals surface area contributed by atoms with Crippen LogP contribution in [0.2, 0.25) is 0 Å². The van der Waals surface area contributed by atoms with E-state index in [4.69, 9.17) is 0 Å². The summed E-state index contributed by atoms with van der Waals surface area (Å²) < 4.78 is 0. The van der Waals surface area contributed by atoms with Gasteiger partial charge in [0.2, 0.25) is 0 Å². The fourth-order valence-corrected chi connectivity index (χ4v) is 27.4. The Bertz CT molecular complexity index is 4270. The van der Waals surface area contributed by atoms with Gasteiger partial charge in [0.1, 0.15) is 16.1 Å². The van der Waals surface area contributed by atoms with Crippen LogP contribution in [0.4, 0.5) is 0 Å². The summed E-state index contributed by atoms with van der Waals surface area (Å²) in [4.78, 5) is 0. The van der Waals surface area contributed by atoms with Gasteiger partial charge in [0, 0.05) is 0 Å². The maximum absolute atomic E-state index is 2.53. The zero-order valence-corrected chi connectivity index (χ0v) is 45.7. The highest BCUT2D eigenvalue weighted by atomic mass is 28.3. The SMILES string of the molecule is c1ccc2c(c1)C[Si]1(C2)c2ccccc2-c2cc(-c3ccc(-c4ccc5c(c4)C4(c6ccccc6-c6ccccc64)c4cc(-c6ccc(-c7ccc8c(c7)-c7ccccc7[Si]87Cc8ccccc8C7)cc6)ccc4-5)cc3)ccc21. The van der Waals surface area contributed by atoms with Crippen molar-refractivity contribution in [3.8, 4) is 89.0 Å². The monoisotopic (exact) mass is 1030 g/mol. The molecule has 79 heavy (non-hydrogen) atoms. The van der Waals surface area contributed by atoms with Gasteiger partial charge in [0.05, 0.1) is 5.41 Å². The van der Waals surface area contributed by atoms with Crippen LogP contribution in [0.5, 0.6) is 0 Å². The van der Waals surface area contributed by atoms with E-state index in [1.165, 1.54) is 135 Å². The lowest BCUT2D eigenvalue weighted by Crippen LogP contribution is -2.57. The van der Waals surface area contributed by atoms with Crippen LogP contribution in [0, 0.1) is 0 Å². The molecule has 6 aliphatic rings. The molecule has 368 valence electrons. The van der Waals surface area contributed by atoms with Gasteiger partial charge in [-0.05, 0) is 203 Å². The molecule has 12 aromatic carbocycles. The van der Waals surface area contributed by atoms with Crippen LogP contribution in [-0.2, 0) is 29.6 Å². The number of benzene rings is 12. The molecule has 0 unspecified atom stereocenters. The van der Waals surface area contributed by atoms with Gasteiger partial charge in [0.15, 0.2) is 0 Å². The van der Waals surface area contributed by atoms with Crippen molar-refractivity contribution in [2.75, 3.05) is 0 Å². The lowest BCUT2D eigenvalue weighted by molar-refractivity contribution is 0.794. The predicted octanol–water partition coefficient (Wildman–Crippen LogP) is 15.5. The Labute approximate surface area is 464 Å². The standard InChI is InChI=1S/C77H52Si2/c1-2-14-58-46-78(45-57(58)13-1)73-23-11-7-19-65(73)67-41-53(35-39-75(67)78)49-25-29-51(30-26-49)55-33-37-63-64-38-34-56(44-72(64)77(71(63)43-55)69-21-9-5-17-61(69)62-18-6-10-22-70(62)77)52-31-27-50(28-32-52)54-36-40-76-68(42-54)66-20-8-12-24-74(66)79(76)47-59-15-3-4-16-60(59)48-79/h1-44H,45-48H2. The Morgan fingerprint density at radius 3 is 0.873 bits per heavy atom. The van der Waals surface area contributed by atoms with E-state index in [2.05, 4.69) is 267 Å². The second-order valence-corrected chi connectivity index (χ2v) is 31.4. The Morgan fingerprint density at radius 1 is 0.203 bits per heavy atom. The van der Waals surface area contributed by atoms with Crippen molar-refractivity contribution >= 4 is 36.9 Å².